The van der Waals surface area contributed by atoms with Crippen molar-refractivity contribution in [1.82, 2.24) is 43.7 Å². The molecule has 9 rings (SSSR count). The van der Waals surface area contributed by atoms with Crippen molar-refractivity contribution in [2.75, 3.05) is 62.8 Å². The van der Waals surface area contributed by atoms with Gasteiger partial charge in [-0.25, -0.2) is 23.1 Å². The highest BCUT2D eigenvalue weighted by atomic mass is 19.3. The van der Waals surface area contributed by atoms with Gasteiger partial charge < -0.3 is 24.6 Å². The largest absolute Gasteiger partial charge is 0.378 e. The van der Waals surface area contributed by atoms with Crippen LogP contribution in [0.3, 0.4) is 0 Å². The highest BCUT2D eigenvalue weighted by Crippen LogP contribution is 2.36. The van der Waals surface area contributed by atoms with Crippen molar-refractivity contribution in [3.8, 4) is 0 Å². The number of carbonyl (C=O) groups excluding carboxylic acids is 3. The number of nitrogens with one attached hydrogen (secondary N) is 2. The van der Waals surface area contributed by atoms with Crippen molar-refractivity contribution < 1.29 is 32.6 Å². The van der Waals surface area contributed by atoms with Crippen LogP contribution in [0, 0.1) is 5.92 Å². The second-order valence-electron chi connectivity index (χ2n) is 17.0. The van der Waals surface area contributed by atoms with Gasteiger partial charge in [0.25, 0.3) is 12.3 Å². The number of anilines is 2. The number of nitrogens with zero attached hydrogens (tertiary/aromatic N) is 9. The maximum atomic E-state index is 14.2. The van der Waals surface area contributed by atoms with E-state index in [1.54, 1.807) is 28.7 Å². The number of alkyl halides is 2. The first kappa shape index (κ1) is 41.8. The third-order valence-electron chi connectivity index (χ3n) is 13.0. The number of carbonyl (C=O) groups is 3. The summed E-state index contributed by atoms with van der Waals surface area (Å²) in [6.07, 6.45) is 9.68. The minimum Gasteiger partial charge on any atom is -0.378 e. The first-order chi connectivity index (χ1) is 30.1. The smallest absolute Gasteiger partial charge is 0.329 e. The normalized spacial score (nSPS) is 21.9. The van der Waals surface area contributed by atoms with Gasteiger partial charge in [-0.1, -0.05) is 6.07 Å². The fourth-order valence-corrected chi connectivity index (χ4v) is 9.56. The average Bonchev–Trinajstić information content (AvgIpc) is 3.97. The standard InChI is InChI=1S/C43H53F2N11O6/c1-51-35-23-27(6-9-33(35)56(43(51)60)34-10-11-37(57)49-42(34)59)3-2-20-62-30-12-15-52(16-13-30)25-28-4-7-29(8-5-28)55-26-32(38(50-55)39(44)45)47-41(58)31-24-46-54-17-14-36(48-40(31)54)53-18-21-61-22-19-53/h6,9,14,17,23-24,26,28-30,34,39H,2-5,7-8,10-13,15-16,18-22,25H2,1H3,(H,47,58)(H,49,57,59)/t28-,29-,34?. The average molecular weight is 858 g/mol. The summed E-state index contributed by atoms with van der Waals surface area (Å²) in [6, 6.07) is 6.98. The number of aromatic nitrogens is 7. The Bertz CT molecular complexity index is 2490. The number of amides is 3. The van der Waals surface area contributed by atoms with E-state index in [-0.39, 0.29) is 41.4 Å². The molecule has 2 N–H and O–H groups in total. The number of halogens is 2. The number of rotatable bonds is 13. The number of morpholine rings is 1. The van der Waals surface area contributed by atoms with Crippen LogP contribution in [0.4, 0.5) is 20.3 Å². The first-order valence-corrected chi connectivity index (χ1v) is 21.8. The molecule has 62 heavy (non-hydrogen) atoms. The second kappa shape index (κ2) is 18.1. The zero-order valence-electron chi connectivity index (χ0n) is 34.9. The van der Waals surface area contributed by atoms with Crippen molar-refractivity contribution in [2.45, 2.75) is 88.8 Å². The number of imidazole rings is 1. The Morgan fingerprint density at radius 1 is 1.00 bits per heavy atom. The molecule has 1 unspecified atom stereocenters. The van der Waals surface area contributed by atoms with Gasteiger partial charge in [0.05, 0.1) is 48.3 Å². The Balaban J connectivity index is 0.717. The first-order valence-electron chi connectivity index (χ1n) is 21.8. The molecule has 3 aliphatic heterocycles. The summed E-state index contributed by atoms with van der Waals surface area (Å²) in [5.41, 5.74) is 2.33. The number of hydrogen-bond acceptors (Lipinski definition) is 11. The SMILES string of the molecule is Cn1c(=O)n(C2CCC(=O)NC2=O)c2ccc(CCCOC3CCN(C[C@H]4CC[C@H](n5cc(NC(=O)c6cnn7ccc(N8CCOCC8)nc67)c(C(F)F)n5)CC4)CC3)cc21. The topological polar surface area (TPSA) is 175 Å². The Labute approximate surface area is 356 Å². The summed E-state index contributed by atoms with van der Waals surface area (Å²) in [5, 5.41) is 13.6. The summed E-state index contributed by atoms with van der Waals surface area (Å²) in [4.78, 5) is 60.0. The van der Waals surface area contributed by atoms with Crippen LogP contribution in [0.25, 0.3) is 16.7 Å². The van der Waals surface area contributed by atoms with Crippen LogP contribution in [0.2, 0.25) is 0 Å². The minimum absolute atomic E-state index is 0.00487. The Kier molecular flexibility index (Phi) is 12.2. The Hall–Kier alpha value is -5.53. The molecule has 0 radical (unpaired) electrons. The van der Waals surface area contributed by atoms with Crippen molar-refractivity contribution in [1.29, 1.82) is 0 Å². The molecule has 3 amide bonds. The molecule has 4 aromatic heterocycles. The van der Waals surface area contributed by atoms with E-state index in [1.165, 1.54) is 15.3 Å². The lowest BCUT2D eigenvalue weighted by Crippen LogP contribution is -2.44. The molecule has 17 nitrogen and oxygen atoms in total. The lowest BCUT2D eigenvalue weighted by Gasteiger charge is -2.36. The van der Waals surface area contributed by atoms with E-state index in [2.05, 4.69) is 35.6 Å². The molecule has 1 aliphatic carbocycles. The molecule has 7 heterocycles. The number of imide groups is 1. The molecule has 330 valence electrons. The van der Waals surface area contributed by atoms with Crippen molar-refractivity contribution in [3.63, 3.8) is 0 Å². The van der Waals surface area contributed by atoms with Crippen molar-refractivity contribution >= 4 is 45.9 Å². The van der Waals surface area contributed by atoms with Crippen LogP contribution in [0.5, 0.6) is 0 Å². The highest BCUT2D eigenvalue weighted by Gasteiger charge is 2.32. The fourth-order valence-electron chi connectivity index (χ4n) is 9.56. The summed E-state index contributed by atoms with van der Waals surface area (Å²) in [6.45, 7) is 6.11. The Morgan fingerprint density at radius 2 is 1.79 bits per heavy atom. The van der Waals surface area contributed by atoms with Gasteiger partial charge in [-0.15, -0.1) is 0 Å². The predicted molar refractivity (Wildman–Crippen MR) is 224 cm³/mol. The van der Waals surface area contributed by atoms with E-state index >= 15 is 0 Å². The van der Waals surface area contributed by atoms with Crippen LogP contribution in [0.15, 0.2) is 47.7 Å². The maximum absolute atomic E-state index is 14.2. The molecule has 1 atom stereocenters. The van der Waals surface area contributed by atoms with Gasteiger partial charge >= 0.3 is 5.69 Å². The lowest BCUT2D eigenvalue weighted by atomic mass is 9.85. The monoisotopic (exact) mass is 857 g/mol. The molecule has 5 aromatic rings. The van der Waals surface area contributed by atoms with Crippen LogP contribution < -0.4 is 21.2 Å². The third-order valence-corrected chi connectivity index (χ3v) is 13.0. The number of benzene rings is 1. The Morgan fingerprint density at radius 3 is 2.55 bits per heavy atom. The number of aryl methyl sites for hydroxylation is 2. The predicted octanol–water partition coefficient (Wildman–Crippen LogP) is 4.43. The molecule has 19 heteroatoms. The summed E-state index contributed by atoms with van der Waals surface area (Å²) < 4.78 is 46.4. The fraction of sp³-hybridized carbons (Fsp3) is 0.558. The van der Waals surface area contributed by atoms with E-state index < -0.39 is 30.0 Å². The molecule has 0 spiro atoms. The van der Waals surface area contributed by atoms with Crippen LogP contribution >= 0.6 is 0 Å². The van der Waals surface area contributed by atoms with E-state index in [4.69, 9.17) is 9.47 Å². The van der Waals surface area contributed by atoms with E-state index in [0.29, 0.717) is 62.2 Å². The number of fused-ring (bicyclic) bond motifs is 2. The quantitative estimate of drug-likeness (QED) is 0.127. The summed E-state index contributed by atoms with van der Waals surface area (Å²) >= 11 is 0. The minimum atomic E-state index is -2.86. The highest BCUT2D eigenvalue weighted by molar-refractivity contribution is 6.08. The number of hydrogen-bond donors (Lipinski definition) is 2. The van der Waals surface area contributed by atoms with Gasteiger partial charge in [-0.05, 0) is 87.5 Å². The van der Waals surface area contributed by atoms with Gasteiger partial charge in [0.15, 0.2) is 11.3 Å². The molecular weight excluding hydrogens is 805 g/mol. The van der Waals surface area contributed by atoms with Gasteiger partial charge in [-0.2, -0.15) is 10.2 Å². The number of piperidine rings is 2. The van der Waals surface area contributed by atoms with Crippen LogP contribution in [-0.2, 0) is 32.5 Å². The second-order valence-corrected chi connectivity index (χ2v) is 17.0. The maximum Gasteiger partial charge on any atom is 0.329 e. The van der Waals surface area contributed by atoms with E-state index in [9.17, 15) is 28.0 Å². The van der Waals surface area contributed by atoms with Crippen molar-refractivity contribution in [3.05, 3.63) is 70.2 Å². The number of ether oxygens (including phenoxy) is 2. The summed E-state index contributed by atoms with van der Waals surface area (Å²) in [5.74, 6) is -0.120. The summed E-state index contributed by atoms with van der Waals surface area (Å²) in [7, 11) is 1.71. The molecule has 4 aliphatic rings. The van der Waals surface area contributed by atoms with Crippen LogP contribution in [0.1, 0.15) is 97.9 Å². The third kappa shape index (κ3) is 8.74. The zero-order valence-corrected chi connectivity index (χ0v) is 34.9. The molecule has 3 saturated heterocycles. The lowest BCUT2D eigenvalue weighted by molar-refractivity contribution is -0.135. The van der Waals surface area contributed by atoms with E-state index in [1.807, 2.05) is 24.3 Å². The number of likely N-dealkylation sites (tertiary alicyclic amines) is 1. The zero-order chi connectivity index (χ0) is 42.9. The molecule has 0 bridgehead atoms. The molecule has 1 saturated carbocycles. The van der Waals surface area contributed by atoms with Crippen molar-refractivity contribution in [2.24, 2.45) is 13.0 Å². The van der Waals surface area contributed by atoms with Gasteiger partial charge in [0.1, 0.15) is 17.4 Å². The van der Waals surface area contributed by atoms with Gasteiger partial charge in [-0.3, -0.25) is 33.5 Å². The molecule has 1 aromatic carbocycles. The van der Waals surface area contributed by atoms with Gasteiger partial charge in [0, 0.05) is 65.2 Å². The van der Waals surface area contributed by atoms with E-state index in [0.717, 1.165) is 82.1 Å². The molecular formula is C43H53F2N11O6. The molecule has 4 fully saturated rings. The van der Waals surface area contributed by atoms with Crippen LogP contribution in [-0.4, -0.2) is 115 Å². The van der Waals surface area contributed by atoms with Gasteiger partial charge in [0.2, 0.25) is 11.8 Å².